The molecule has 0 fully saturated rings. The van der Waals surface area contributed by atoms with Gasteiger partial charge in [0, 0.05) is 0 Å². The molecule has 0 aromatic rings. The number of hydrogen-bond donors (Lipinski definition) is 3. The van der Waals surface area contributed by atoms with Crippen LogP contribution in [0.4, 0.5) is 13.2 Å². The average Bonchev–Trinajstić information content (AvgIpc) is 1.98. The first-order valence-electron chi connectivity index (χ1n) is 3.49. The molecule has 74 valence electrons. The molecule has 0 aromatic heterocycles. The highest BCUT2D eigenvalue weighted by Gasteiger charge is 2.44. The minimum Gasteiger partial charge on any atom is -0.391 e. The van der Waals surface area contributed by atoms with Crippen molar-refractivity contribution in [3.05, 3.63) is 0 Å². The Labute approximate surface area is 68.0 Å². The Morgan fingerprint density at radius 3 is 2.00 bits per heavy atom. The summed E-state index contributed by atoms with van der Waals surface area (Å²) in [4.78, 5) is 0. The summed E-state index contributed by atoms with van der Waals surface area (Å²) in [5.41, 5.74) is 4.94. The molecule has 4 N–H and O–H groups in total. The maximum Gasteiger partial charge on any atom is 0.415 e. The monoisotopic (exact) mass is 187 g/mol. The molecule has 0 aliphatic heterocycles. The zero-order chi connectivity index (χ0) is 9.94. The van der Waals surface area contributed by atoms with E-state index in [-0.39, 0.29) is 6.42 Å². The summed E-state index contributed by atoms with van der Waals surface area (Å²) >= 11 is 0. The van der Waals surface area contributed by atoms with E-state index in [4.69, 9.17) is 15.9 Å². The Morgan fingerprint density at radius 1 is 1.33 bits per heavy atom. The lowest BCUT2D eigenvalue weighted by atomic mass is 10.0. The summed E-state index contributed by atoms with van der Waals surface area (Å²) in [6, 6.07) is -1.67. The fourth-order valence-electron chi connectivity index (χ4n) is 0.701. The number of hydrogen-bond acceptors (Lipinski definition) is 3. The van der Waals surface area contributed by atoms with Gasteiger partial charge in [0.15, 0.2) is 6.10 Å². The van der Waals surface area contributed by atoms with Crippen molar-refractivity contribution in [1.82, 2.24) is 0 Å². The van der Waals surface area contributed by atoms with Crippen LogP contribution in [0.15, 0.2) is 0 Å². The van der Waals surface area contributed by atoms with Gasteiger partial charge in [-0.3, -0.25) is 0 Å². The van der Waals surface area contributed by atoms with Crippen LogP contribution in [0.1, 0.15) is 13.3 Å². The van der Waals surface area contributed by atoms with E-state index in [9.17, 15) is 13.2 Å². The number of aliphatic hydroxyl groups is 2. The van der Waals surface area contributed by atoms with Crippen LogP contribution in [0.25, 0.3) is 0 Å². The molecule has 0 saturated heterocycles. The molecule has 6 heteroatoms. The van der Waals surface area contributed by atoms with Crippen molar-refractivity contribution in [2.45, 2.75) is 37.8 Å². The first-order valence-corrected chi connectivity index (χ1v) is 3.49. The smallest absolute Gasteiger partial charge is 0.391 e. The molecule has 12 heavy (non-hydrogen) atoms. The summed E-state index contributed by atoms with van der Waals surface area (Å²) in [5, 5.41) is 17.4. The predicted molar refractivity (Wildman–Crippen MR) is 36.3 cm³/mol. The normalized spacial score (nSPS) is 20.2. The average molecular weight is 187 g/mol. The van der Waals surface area contributed by atoms with E-state index in [0.29, 0.717) is 0 Å². The molecule has 0 amide bonds. The van der Waals surface area contributed by atoms with Crippen LogP contribution in [0.5, 0.6) is 0 Å². The minimum atomic E-state index is -4.77. The maximum atomic E-state index is 11.8. The number of aliphatic hydroxyl groups excluding tert-OH is 2. The van der Waals surface area contributed by atoms with Crippen LogP contribution in [0.2, 0.25) is 0 Å². The largest absolute Gasteiger partial charge is 0.415 e. The van der Waals surface area contributed by atoms with Gasteiger partial charge in [0.2, 0.25) is 0 Å². The van der Waals surface area contributed by atoms with Gasteiger partial charge in [-0.05, 0) is 6.42 Å². The van der Waals surface area contributed by atoms with Gasteiger partial charge in [-0.1, -0.05) is 6.92 Å². The molecule has 0 aliphatic carbocycles. The van der Waals surface area contributed by atoms with Gasteiger partial charge in [0.1, 0.15) is 0 Å². The Balaban J connectivity index is 4.19. The molecule has 0 aliphatic rings. The fraction of sp³-hybridized carbons (Fsp3) is 1.00. The van der Waals surface area contributed by atoms with Crippen molar-refractivity contribution in [3.63, 3.8) is 0 Å². The van der Waals surface area contributed by atoms with Crippen molar-refractivity contribution in [1.29, 1.82) is 0 Å². The Morgan fingerprint density at radius 2 is 1.75 bits per heavy atom. The van der Waals surface area contributed by atoms with Crippen molar-refractivity contribution < 1.29 is 23.4 Å². The summed E-state index contributed by atoms with van der Waals surface area (Å²) in [5.74, 6) is 0. The van der Waals surface area contributed by atoms with Crippen molar-refractivity contribution >= 4 is 0 Å². The van der Waals surface area contributed by atoms with Crippen LogP contribution >= 0.6 is 0 Å². The standard InChI is InChI=1S/C6H12F3NO2/c1-2-3(11)4(10)5(12)6(7,8)9/h3-5,11-12H,2,10H2,1H3. The highest BCUT2D eigenvalue weighted by molar-refractivity contribution is 4.83. The van der Waals surface area contributed by atoms with E-state index in [1.165, 1.54) is 6.92 Å². The SMILES string of the molecule is CCC(O)C(N)C(O)C(F)(F)F. The van der Waals surface area contributed by atoms with Gasteiger partial charge in [0.25, 0.3) is 0 Å². The lowest BCUT2D eigenvalue weighted by Gasteiger charge is -2.24. The Kier molecular flexibility index (Phi) is 3.95. The van der Waals surface area contributed by atoms with Gasteiger partial charge in [0.05, 0.1) is 12.1 Å². The second-order valence-corrected chi connectivity index (χ2v) is 2.54. The first-order chi connectivity index (χ1) is 5.30. The number of alkyl halides is 3. The van der Waals surface area contributed by atoms with Crippen LogP contribution in [0.3, 0.4) is 0 Å². The minimum absolute atomic E-state index is 0.0777. The van der Waals surface area contributed by atoms with E-state index in [1.807, 2.05) is 0 Å². The molecule has 0 radical (unpaired) electrons. The highest BCUT2D eigenvalue weighted by Crippen LogP contribution is 2.23. The second-order valence-electron chi connectivity index (χ2n) is 2.54. The fourth-order valence-corrected chi connectivity index (χ4v) is 0.701. The predicted octanol–water partition coefficient (Wildman–Crippen LogP) is 0.00780. The number of nitrogens with two attached hydrogens (primary N) is 1. The van der Waals surface area contributed by atoms with Crippen molar-refractivity contribution in [2.24, 2.45) is 5.73 Å². The molecule has 0 heterocycles. The summed E-state index contributed by atoms with van der Waals surface area (Å²) < 4.78 is 35.3. The van der Waals surface area contributed by atoms with E-state index in [0.717, 1.165) is 0 Å². The third-order valence-electron chi connectivity index (χ3n) is 1.56. The van der Waals surface area contributed by atoms with Crippen molar-refractivity contribution in [3.8, 4) is 0 Å². The summed E-state index contributed by atoms with van der Waals surface area (Å²) in [6.45, 7) is 1.48. The third kappa shape index (κ3) is 2.96. The van der Waals surface area contributed by atoms with Crippen LogP contribution in [-0.4, -0.2) is 34.6 Å². The van der Waals surface area contributed by atoms with E-state index < -0.39 is 24.4 Å². The van der Waals surface area contributed by atoms with Gasteiger partial charge < -0.3 is 15.9 Å². The lowest BCUT2D eigenvalue weighted by Crippen LogP contribution is -2.51. The maximum absolute atomic E-state index is 11.8. The van der Waals surface area contributed by atoms with Crippen LogP contribution in [0, 0.1) is 0 Å². The summed E-state index contributed by atoms with van der Waals surface area (Å²) in [7, 11) is 0. The zero-order valence-corrected chi connectivity index (χ0v) is 6.54. The molecule has 0 aromatic carbocycles. The van der Waals surface area contributed by atoms with Crippen LogP contribution in [-0.2, 0) is 0 Å². The van der Waals surface area contributed by atoms with Crippen LogP contribution < -0.4 is 5.73 Å². The van der Waals surface area contributed by atoms with E-state index in [1.54, 1.807) is 0 Å². The van der Waals surface area contributed by atoms with Crippen molar-refractivity contribution in [2.75, 3.05) is 0 Å². The van der Waals surface area contributed by atoms with Gasteiger partial charge >= 0.3 is 6.18 Å². The Bertz CT molecular complexity index is 139. The first kappa shape index (κ1) is 11.7. The number of halogens is 3. The molecule has 0 bridgehead atoms. The van der Waals surface area contributed by atoms with E-state index in [2.05, 4.69) is 0 Å². The van der Waals surface area contributed by atoms with Gasteiger partial charge in [-0.25, -0.2) is 0 Å². The molecule has 0 rings (SSSR count). The molecule has 3 nitrogen and oxygen atoms in total. The van der Waals surface area contributed by atoms with E-state index >= 15 is 0 Å². The molecular weight excluding hydrogens is 175 g/mol. The third-order valence-corrected chi connectivity index (χ3v) is 1.56. The number of rotatable bonds is 3. The molecular formula is C6H12F3NO2. The summed E-state index contributed by atoms with van der Waals surface area (Å²) in [6.07, 6.45) is -8.68. The zero-order valence-electron chi connectivity index (χ0n) is 6.54. The highest BCUT2D eigenvalue weighted by atomic mass is 19.4. The van der Waals surface area contributed by atoms with Gasteiger partial charge in [-0.15, -0.1) is 0 Å². The molecule has 0 spiro atoms. The van der Waals surface area contributed by atoms with Gasteiger partial charge in [-0.2, -0.15) is 13.2 Å². The topological polar surface area (TPSA) is 66.5 Å². The second kappa shape index (κ2) is 4.06. The lowest BCUT2D eigenvalue weighted by molar-refractivity contribution is -0.216. The molecule has 3 unspecified atom stereocenters. The quantitative estimate of drug-likeness (QED) is 0.583. The molecule has 0 saturated carbocycles. The Hall–Kier alpha value is -0.330. The molecule has 3 atom stereocenters.